The Labute approximate surface area is 142 Å². The average molecular weight is 334 g/mol. The second kappa shape index (κ2) is 6.20. The van der Waals surface area contributed by atoms with E-state index in [4.69, 9.17) is 4.42 Å². The predicted molar refractivity (Wildman–Crippen MR) is 90.1 cm³/mol. The Morgan fingerprint density at radius 3 is 2.68 bits per heavy atom. The minimum Gasteiger partial charge on any atom is -0.508 e. The van der Waals surface area contributed by atoms with Crippen molar-refractivity contribution < 1.29 is 14.3 Å². The van der Waals surface area contributed by atoms with Crippen LogP contribution in [0.2, 0.25) is 0 Å². The smallest absolute Gasteiger partial charge is 0.247 e. The van der Waals surface area contributed by atoms with Gasteiger partial charge in [-0.3, -0.25) is 4.79 Å². The van der Waals surface area contributed by atoms with Crippen molar-refractivity contribution in [1.29, 1.82) is 0 Å². The lowest BCUT2D eigenvalue weighted by Gasteiger charge is -1.95. The van der Waals surface area contributed by atoms with Crippen LogP contribution in [0.4, 0.5) is 0 Å². The molecule has 0 fully saturated rings. The molecule has 0 saturated carbocycles. The van der Waals surface area contributed by atoms with E-state index in [1.807, 2.05) is 24.3 Å². The summed E-state index contributed by atoms with van der Waals surface area (Å²) in [5.41, 5.74) is 2.30. The van der Waals surface area contributed by atoms with Crippen molar-refractivity contribution in [2.24, 2.45) is 0 Å². The van der Waals surface area contributed by atoms with E-state index in [1.165, 1.54) is 0 Å². The van der Waals surface area contributed by atoms with E-state index in [-0.39, 0.29) is 18.0 Å². The molecule has 2 heterocycles. The largest absolute Gasteiger partial charge is 0.508 e. The number of nitrogens with zero attached hydrogens (tertiary/aromatic N) is 3. The highest BCUT2D eigenvalue weighted by atomic mass is 16.4. The van der Waals surface area contributed by atoms with Crippen LogP contribution < -0.4 is 0 Å². The number of para-hydroxylation sites is 2. The minimum absolute atomic E-state index is 0.111. The van der Waals surface area contributed by atoms with E-state index in [1.54, 1.807) is 24.3 Å². The van der Waals surface area contributed by atoms with Crippen LogP contribution in [0.5, 0.6) is 5.75 Å². The van der Waals surface area contributed by atoms with E-state index in [0.717, 1.165) is 11.0 Å². The van der Waals surface area contributed by atoms with E-state index in [0.29, 0.717) is 29.6 Å². The molecule has 0 aliphatic heterocycles. The van der Waals surface area contributed by atoms with Crippen molar-refractivity contribution >= 4 is 16.8 Å². The van der Waals surface area contributed by atoms with Crippen LogP contribution in [0.3, 0.4) is 0 Å². The number of aromatic hydroxyl groups is 1. The summed E-state index contributed by atoms with van der Waals surface area (Å²) in [6.45, 7) is 0. The van der Waals surface area contributed by atoms with Gasteiger partial charge in [0.15, 0.2) is 11.6 Å². The molecule has 0 unspecified atom stereocenters. The number of carbonyl (C=O) groups excluding carboxylic acids is 1. The van der Waals surface area contributed by atoms with Gasteiger partial charge in [0.25, 0.3) is 0 Å². The molecule has 124 valence electrons. The van der Waals surface area contributed by atoms with Crippen LogP contribution in [-0.4, -0.2) is 31.1 Å². The number of nitrogens with one attached hydrogen (secondary N) is 1. The normalized spacial score (nSPS) is 11.0. The zero-order chi connectivity index (χ0) is 17.2. The van der Waals surface area contributed by atoms with Crippen molar-refractivity contribution in [3.05, 3.63) is 60.2 Å². The molecule has 7 nitrogen and oxygen atoms in total. The summed E-state index contributed by atoms with van der Waals surface area (Å²) >= 11 is 0. The highest BCUT2D eigenvalue weighted by Gasteiger charge is 2.14. The fraction of sp³-hybridized carbons (Fsp3) is 0.111. The van der Waals surface area contributed by atoms with Crippen molar-refractivity contribution in [2.45, 2.75) is 12.8 Å². The third kappa shape index (κ3) is 3.12. The number of phenols is 1. The van der Waals surface area contributed by atoms with Crippen molar-refractivity contribution in [1.82, 2.24) is 20.2 Å². The number of aromatic amines is 1. The monoisotopic (exact) mass is 334 g/mol. The zero-order valence-electron chi connectivity index (χ0n) is 13.1. The molecular formula is C18H14N4O3. The quantitative estimate of drug-likeness (QED) is 0.543. The number of imidazole rings is 1. The summed E-state index contributed by atoms with van der Waals surface area (Å²) in [6.07, 6.45) is 0.554. The molecule has 0 aliphatic carbocycles. The number of aromatic nitrogens is 4. The Kier molecular flexibility index (Phi) is 3.74. The van der Waals surface area contributed by atoms with Crippen LogP contribution in [-0.2, 0) is 6.42 Å². The van der Waals surface area contributed by atoms with Gasteiger partial charge in [-0.25, -0.2) is 4.98 Å². The van der Waals surface area contributed by atoms with Crippen LogP contribution in [0.25, 0.3) is 22.5 Å². The van der Waals surface area contributed by atoms with Gasteiger partial charge in [-0.2, -0.15) is 0 Å². The molecule has 0 saturated heterocycles. The van der Waals surface area contributed by atoms with E-state index in [9.17, 15) is 9.90 Å². The number of carbonyl (C=O) groups is 1. The van der Waals surface area contributed by atoms with Crippen LogP contribution >= 0.6 is 0 Å². The summed E-state index contributed by atoms with van der Waals surface area (Å²) in [5, 5.41) is 17.2. The molecule has 2 N–H and O–H groups in total. The SMILES string of the molecule is O=C(CCc1nnc(-c2ccc(O)cc2)o1)c1nc2ccccc2[nH]1. The van der Waals surface area contributed by atoms with Gasteiger partial charge in [0.1, 0.15) is 5.75 Å². The summed E-state index contributed by atoms with van der Waals surface area (Å²) in [7, 11) is 0. The third-order valence-corrected chi connectivity index (χ3v) is 3.80. The Morgan fingerprint density at radius 2 is 1.88 bits per heavy atom. The van der Waals surface area contributed by atoms with Gasteiger partial charge in [-0.15, -0.1) is 10.2 Å². The lowest BCUT2D eigenvalue weighted by molar-refractivity contribution is 0.0971. The molecule has 0 spiro atoms. The number of aryl methyl sites for hydroxylation is 1. The number of hydrogen-bond donors (Lipinski definition) is 2. The maximum absolute atomic E-state index is 12.3. The zero-order valence-corrected chi connectivity index (χ0v) is 13.1. The van der Waals surface area contributed by atoms with Gasteiger partial charge < -0.3 is 14.5 Å². The molecule has 4 rings (SSSR count). The molecule has 0 amide bonds. The maximum Gasteiger partial charge on any atom is 0.247 e. The molecular weight excluding hydrogens is 320 g/mol. The lowest BCUT2D eigenvalue weighted by Crippen LogP contribution is -2.03. The van der Waals surface area contributed by atoms with Gasteiger partial charge >= 0.3 is 0 Å². The first kappa shape index (κ1) is 15.1. The Balaban J connectivity index is 1.44. The first-order valence-corrected chi connectivity index (χ1v) is 7.79. The topological polar surface area (TPSA) is 105 Å². The standard InChI is InChI=1S/C18H14N4O3/c23-12-7-5-11(6-8-12)18-22-21-16(25-18)10-9-15(24)17-19-13-3-1-2-4-14(13)20-17/h1-8,23H,9-10H2,(H,19,20). The molecule has 2 aromatic carbocycles. The van der Waals surface area contributed by atoms with Crippen LogP contribution in [0, 0.1) is 0 Å². The van der Waals surface area contributed by atoms with Crippen LogP contribution in [0.15, 0.2) is 52.9 Å². The highest BCUT2D eigenvalue weighted by Crippen LogP contribution is 2.21. The Bertz CT molecular complexity index is 1000. The van der Waals surface area contributed by atoms with Crippen molar-refractivity contribution in [2.75, 3.05) is 0 Å². The third-order valence-electron chi connectivity index (χ3n) is 3.80. The lowest BCUT2D eigenvalue weighted by atomic mass is 10.2. The number of Topliss-reactive ketones (excluding diaryl/α,β-unsaturated/α-hetero) is 1. The molecule has 0 bridgehead atoms. The predicted octanol–water partition coefficient (Wildman–Crippen LogP) is 3.13. The molecule has 0 radical (unpaired) electrons. The maximum atomic E-state index is 12.3. The summed E-state index contributed by atoms with van der Waals surface area (Å²) in [4.78, 5) is 19.6. The number of hydrogen-bond acceptors (Lipinski definition) is 6. The van der Waals surface area contributed by atoms with Crippen LogP contribution in [0.1, 0.15) is 22.9 Å². The minimum atomic E-state index is -0.111. The van der Waals surface area contributed by atoms with E-state index >= 15 is 0 Å². The molecule has 4 aromatic rings. The molecule has 0 aliphatic rings. The van der Waals surface area contributed by atoms with E-state index < -0.39 is 0 Å². The number of phenolic OH excluding ortho intramolecular Hbond substituents is 1. The Hall–Kier alpha value is -3.48. The van der Waals surface area contributed by atoms with Gasteiger partial charge in [0.05, 0.1) is 11.0 Å². The molecule has 2 aromatic heterocycles. The van der Waals surface area contributed by atoms with Gasteiger partial charge in [0.2, 0.25) is 11.8 Å². The summed E-state index contributed by atoms with van der Waals surface area (Å²) in [5.74, 6) is 1.12. The first-order valence-electron chi connectivity index (χ1n) is 7.79. The van der Waals surface area contributed by atoms with Gasteiger partial charge in [-0.05, 0) is 36.4 Å². The Morgan fingerprint density at radius 1 is 1.08 bits per heavy atom. The molecule has 7 heteroatoms. The second-order valence-corrected chi connectivity index (χ2v) is 5.57. The number of ketones is 1. The van der Waals surface area contributed by atoms with E-state index in [2.05, 4.69) is 20.2 Å². The molecule has 0 atom stereocenters. The van der Waals surface area contributed by atoms with Crippen molar-refractivity contribution in [3.63, 3.8) is 0 Å². The summed E-state index contributed by atoms with van der Waals surface area (Å²) in [6, 6.07) is 14.0. The fourth-order valence-electron chi connectivity index (χ4n) is 2.50. The number of benzene rings is 2. The second-order valence-electron chi connectivity index (χ2n) is 5.57. The van der Waals surface area contributed by atoms with Gasteiger partial charge in [0, 0.05) is 18.4 Å². The summed E-state index contributed by atoms with van der Waals surface area (Å²) < 4.78 is 5.57. The van der Waals surface area contributed by atoms with Gasteiger partial charge in [-0.1, -0.05) is 12.1 Å². The fourth-order valence-corrected chi connectivity index (χ4v) is 2.50. The molecule has 25 heavy (non-hydrogen) atoms. The average Bonchev–Trinajstić information content (AvgIpc) is 3.27. The highest BCUT2D eigenvalue weighted by molar-refractivity contribution is 5.95. The number of H-pyrrole nitrogens is 1. The first-order chi connectivity index (χ1) is 12.2. The number of rotatable bonds is 5. The van der Waals surface area contributed by atoms with Crippen molar-refractivity contribution in [3.8, 4) is 17.2 Å². The number of fused-ring (bicyclic) bond motifs is 1.